The van der Waals surface area contributed by atoms with Crippen LogP contribution in [0, 0.1) is 0 Å². The first-order valence-corrected chi connectivity index (χ1v) is 7.52. The van der Waals surface area contributed by atoms with Crippen LogP contribution in [0.15, 0.2) is 28.7 Å². The second kappa shape index (κ2) is 6.64. The van der Waals surface area contributed by atoms with Gasteiger partial charge in [0.25, 0.3) is 0 Å². The van der Waals surface area contributed by atoms with Gasteiger partial charge < -0.3 is 4.74 Å². The summed E-state index contributed by atoms with van der Waals surface area (Å²) in [6.07, 6.45) is 1.19. The van der Waals surface area contributed by atoms with E-state index in [1.165, 1.54) is 0 Å². The molecule has 2 unspecified atom stereocenters. The zero-order valence-electron chi connectivity index (χ0n) is 11.4. The average Bonchev–Trinajstić information content (AvgIpc) is 2.62. The van der Waals surface area contributed by atoms with Crippen LogP contribution in [0.5, 0.6) is 0 Å². The van der Waals surface area contributed by atoms with Crippen LogP contribution in [0.4, 0.5) is 0 Å². The fraction of sp³-hybridized carbons (Fsp3) is 0.533. The Balaban J connectivity index is 2.07. The Morgan fingerprint density at radius 2 is 2.11 bits per heavy atom. The first-order chi connectivity index (χ1) is 9.08. The number of ether oxygens (including phenoxy) is 1. The highest BCUT2D eigenvalue weighted by atomic mass is 79.9. The van der Waals surface area contributed by atoms with E-state index in [4.69, 9.17) is 4.74 Å². The molecule has 0 N–H and O–H groups in total. The number of rotatable bonds is 3. The second-order valence-corrected chi connectivity index (χ2v) is 5.99. The number of Topliss-reactive ketones (excluding diaryl/α,β-unsaturated/α-hetero) is 1. The van der Waals surface area contributed by atoms with E-state index in [0.29, 0.717) is 0 Å². The summed E-state index contributed by atoms with van der Waals surface area (Å²) < 4.78 is 6.62. The minimum atomic E-state index is -0.0923. The van der Waals surface area contributed by atoms with Gasteiger partial charge in [-0.05, 0) is 32.4 Å². The van der Waals surface area contributed by atoms with Crippen LogP contribution in [0.2, 0.25) is 0 Å². The molecule has 0 aromatic heterocycles. The van der Waals surface area contributed by atoms with Crippen molar-refractivity contribution in [3.05, 3.63) is 34.3 Å². The average molecular weight is 326 g/mol. The van der Waals surface area contributed by atoms with Gasteiger partial charge in [-0.25, -0.2) is 0 Å². The van der Waals surface area contributed by atoms with Gasteiger partial charge in [-0.2, -0.15) is 0 Å². The molecule has 0 aliphatic carbocycles. The van der Waals surface area contributed by atoms with Gasteiger partial charge in [0.2, 0.25) is 0 Å². The van der Waals surface area contributed by atoms with Gasteiger partial charge >= 0.3 is 0 Å². The van der Waals surface area contributed by atoms with E-state index in [2.05, 4.69) is 27.8 Å². The minimum Gasteiger partial charge on any atom is -0.377 e. The summed E-state index contributed by atoms with van der Waals surface area (Å²) in [6, 6.07) is 7.48. The van der Waals surface area contributed by atoms with Crippen LogP contribution in [-0.4, -0.2) is 42.5 Å². The summed E-state index contributed by atoms with van der Waals surface area (Å²) in [5.41, 5.74) is 0.772. The van der Waals surface area contributed by atoms with Crippen LogP contribution in [-0.2, 0) is 4.74 Å². The molecule has 1 saturated heterocycles. The molecule has 4 heteroatoms. The number of hydrogen-bond acceptors (Lipinski definition) is 3. The fourth-order valence-electron chi connectivity index (χ4n) is 2.40. The maximum Gasteiger partial charge on any atom is 0.179 e. The van der Waals surface area contributed by atoms with Gasteiger partial charge in [0, 0.05) is 29.7 Å². The number of benzene rings is 1. The maximum absolute atomic E-state index is 12.5. The quantitative estimate of drug-likeness (QED) is 0.799. The molecular weight excluding hydrogens is 306 g/mol. The van der Waals surface area contributed by atoms with Crippen molar-refractivity contribution in [1.82, 2.24) is 4.90 Å². The lowest BCUT2D eigenvalue weighted by Gasteiger charge is -2.27. The highest BCUT2D eigenvalue weighted by Gasteiger charge is 2.25. The Bertz CT molecular complexity index is 432. The van der Waals surface area contributed by atoms with Gasteiger partial charge in [0.15, 0.2) is 5.78 Å². The lowest BCUT2D eigenvalue weighted by Crippen LogP contribution is -2.42. The molecule has 1 aromatic rings. The number of carbonyl (C=O) groups excluding carboxylic acids is 1. The van der Waals surface area contributed by atoms with E-state index in [1.54, 1.807) is 0 Å². The van der Waals surface area contributed by atoms with Gasteiger partial charge in [-0.3, -0.25) is 9.69 Å². The molecule has 1 fully saturated rings. The molecule has 0 radical (unpaired) electrons. The lowest BCUT2D eigenvalue weighted by atomic mass is 10.0. The summed E-state index contributed by atoms with van der Waals surface area (Å²) in [7, 11) is 0. The molecule has 0 bridgehead atoms. The number of ketones is 1. The second-order valence-electron chi connectivity index (χ2n) is 5.08. The van der Waals surface area contributed by atoms with E-state index in [9.17, 15) is 4.79 Å². The van der Waals surface area contributed by atoms with E-state index >= 15 is 0 Å². The van der Waals surface area contributed by atoms with Gasteiger partial charge in [0.05, 0.1) is 12.1 Å². The van der Waals surface area contributed by atoms with Crippen LogP contribution >= 0.6 is 15.9 Å². The summed E-state index contributed by atoms with van der Waals surface area (Å²) in [5, 5.41) is 0. The van der Waals surface area contributed by atoms with Crippen LogP contribution in [0.1, 0.15) is 30.6 Å². The fourth-order valence-corrected chi connectivity index (χ4v) is 2.66. The highest BCUT2D eigenvalue weighted by Crippen LogP contribution is 2.16. The van der Waals surface area contributed by atoms with Crippen molar-refractivity contribution in [2.24, 2.45) is 0 Å². The molecule has 1 heterocycles. The Kier molecular flexibility index (Phi) is 5.13. The van der Waals surface area contributed by atoms with E-state index in [-0.39, 0.29) is 17.9 Å². The Hall–Kier alpha value is -0.710. The normalized spacial score (nSPS) is 22.8. The molecule has 1 aromatic carbocycles. The molecule has 2 atom stereocenters. The van der Waals surface area contributed by atoms with Gasteiger partial charge in [0.1, 0.15) is 0 Å². The van der Waals surface area contributed by atoms with Gasteiger partial charge in [-0.1, -0.05) is 28.1 Å². The summed E-state index contributed by atoms with van der Waals surface area (Å²) >= 11 is 3.39. The smallest absolute Gasteiger partial charge is 0.179 e. The van der Waals surface area contributed by atoms with Crippen LogP contribution in [0.3, 0.4) is 0 Å². The Morgan fingerprint density at radius 1 is 1.42 bits per heavy atom. The molecule has 0 saturated carbocycles. The Morgan fingerprint density at radius 3 is 2.79 bits per heavy atom. The number of halogens is 1. The third-order valence-corrected chi connectivity index (χ3v) is 4.07. The molecule has 2 rings (SSSR count). The highest BCUT2D eigenvalue weighted by molar-refractivity contribution is 9.10. The monoisotopic (exact) mass is 325 g/mol. The number of hydrogen-bond donors (Lipinski definition) is 0. The molecule has 104 valence electrons. The molecule has 1 aliphatic rings. The summed E-state index contributed by atoms with van der Waals surface area (Å²) in [6.45, 7) is 6.59. The molecular formula is C15H20BrNO2. The molecule has 0 amide bonds. The van der Waals surface area contributed by atoms with Crippen molar-refractivity contribution >= 4 is 21.7 Å². The van der Waals surface area contributed by atoms with E-state index in [1.807, 2.05) is 31.2 Å². The predicted octanol–water partition coefficient (Wildman–Crippen LogP) is 3.13. The maximum atomic E-state index is 12.5. The Labute approximate surface area is 123 Å². The van der Waals surface area contributed by atoms with Crippen molar-refractivity contribution in [3.63, 3.8) is 0 Å². The van der Waals surface area contributed by atoms with Crippen molar-refractivity contribution in [1.29, 1.82) is 0 Å². The van der Waals surface area contributed by atoms with Crippen molar-refractivity contribution in [3.8, 4) is 0 Å². The van der Waals surface area contributed by atoms with Crippen molar-refractivity contribution < 1.29 is 9.53 Å². The molecule has 19 heavy (non-hydrogen) atoms. The zero-order valence-corrected chi connectivity index (χ0v) is 13.0. The third-order valence-electron chi connectivity index (χ3n) is 3.54. The molecule has 1 aliphatic heterocycles. The van der Waals surface area contributed by atoms with E-state index < -0.39 is 0 Å². The number of nitrogens with zero attached hydrogens (tertiary/aromatic N) is 1. The summed E-state index contributed by atoms with van der Waals surface area (Å²) in [5.74, 6) is 0.182. The van der Waals surface area contributed by atoms with Crippen LogP contribution < -0.4 is 0 Å². The first kappa shape index (κ1) is 14.7. The van der Waals surface area contributed by atoms with Crippen LogP contribution in [0.25, 0.3) is 0 Å². The van der Waals surface area contributed by atoms with Crippen molar-refractivity contribution in [2.45, 2.75) is 32.4 Å². The third kappa shape index (κ3) is 3.88. The summed E-state index contributed by atoms with van der Waals surface area (Å²) in [4.78, 5) is 14.7. The SMILES string of the molecule is CC1CN(C(C)C(=O)c2ccc(Br)cc2)CCCO1. The predicted molar refractivity (Wildman–Crippen MR) is 79.5 cm³/mol. The van der Waals surface area contributed by atoms with Crippen molar-refractivity contribution in [2.75, 3.05) is 19.7 Å². The molecule has 3 nitrogen and oxygen atoms in total. The van der Waals surface area contributed by atoms with Gasteiger partial charge in [-0.15, -0.1) is 0 Å². The minimum absolute atomic E-state index is 0.0923. The zero-order chi connectivity index (χ0) is 13.8. The van der Waals surface area contributed by atoms with E-state index in [0.717, 1.165) is 36.2 Å². The molecule has 0 spiro atoms. The number of carbonyl (C=O) groups is 1. The lowest BCUT2D eigenvalue weighted by molar-refractivity contribution is 0.0581. The topological polar surface area (TPSA) is 29.5 Å². The first-order valence-electron chi connectivity index (χ1n) is 6.73. The standard InChI is InChI=1S/C15H20BrNO2/c1-11-10-17(8-3-9-19-11)12(2)15(18)13-4-6-14(16)7-5-13/h4-7,11-12H,3,8-10H2,1-2H3. The largest absolute Gasteiger partial charge is 0.377 e.